The van der Waals surface area contributed by atoms with Gasteiger partial charge in [-0.15, -0.1) is 0 Å². The highest BCUT2D eigenvalue weighted by molar-refractivity contribution is 6.04. The summed E-state index contributed by atoms with van der Waals surface area (Å²) in [7, 11) is 0. The van der Waals surface area contributed by atoms with Crippen molar-refractivity contribution in [1.29, 1.82) is 0 Å². The van der Waals surface area contributed by atoms with Crippen LogP contribution in [-0.2, 0) is 4.74 Å². The fourth-order valence-corrected chi connectivity index (χ4v) is 3.31. The van der Waals surface area contributed by atoms with Crippen LogP contribution in [0.1, 0.15) is 27.6 Å². The number of halogens is 1. The molecule has 0 aliphatic heterocycles. The van der Waals surface area contributed by atoms with Crippen molar-refractivity contribution >= 4 is 22.7 Å². The molecular weight excluding hydrogens is 413 g/mol. The third-order valence-electron chi connectivity index (χ3n) is 4.81. The topological polar surface area (TPSA) is 74.6 Å². The lowest BCUT2D eigenvalue weighted by atomic mass is 10.1. The fraction of sp³-hybridized carbons (Fsp3) is 0.0800. The highest BCUT2D eigenvalue weighted by Crippen LogP contribution is 2.21. The van der Waals surface area contributed by atoms with Crippen LogP contribution in [0.2, 0.25) is 0 Å². The van der Waals surface area contributed by atoms with Crippen LogP contribution in [-0.4, -0.2) is 23.1 Å². The van der Waals surface area contributed by atoms with Crippen molar-refractivity contribution in [3.63, 3.8) is 0 Å². The molecule has 160 valence electrons. The SMILES string of the molecule is CCOC(=O)c1ccc(OC(=O)c2cn(-c3cccc(F)c3)c(=O)c3ccccc23)cc1. The van der Waals surface area contributed by atoms with Gasteiger partial charge in [0.1, 0.15) is 11.6 Å². The van der Waals surface area contributed by atoms with E-state index >= 15 is 0 Å². The van der Waals surface area contributed by atoms with E-state index in [1.54, 1.807) is 37.3 Å². The molecule has 0 spiro atoms. The second kappa shape index (κ2) is 8.85. The first-order valence-corrected chi connectivity index (χ1v) is 9.87. The van der Waals surface area contributed by atoms with E-state index in [1.165, 1.54) is 53.2 Å². The molecule has 0 bridgehead atoms. The number of pyridine rings is 1. The molecule has 0 radical (unpaired) electrons. The summed E-state index contributed by atoms with van der Waals surface area (Å²) in [4.78, 5) is 37.8. The Hall–Kier alpha value is -4.26. The average Bonchev–Trinajstić information content (AvgIpc) is 2.80. The zero-order valence-corrected chi connectivity index (χ0v) is 17.1. The number of hydrogen-bond acceptors (Lipinski definition) is 5. The van der Waals surface area contributed by atoms with Crippen LogP contribution < -0.4 is 10.3 Å². The number of carbonyl (C=O) groups is 2. The lowest BCUT2D eigenvalue weighted by Crippen LogP contribution is -2.22. The molecule has 3 aromatic carbocycles. The van der Waals surface area contributed by atoms with Gasteiger partial charge in [0.2, 0.25) is 0 Å². The Balaban J connectivity index is 1.73. The van der Waals surface area contributed by atoms with Crippen molar-refractivity contribution in [2.24, 2.45) is 0 Å². The van der Waals surface area contributed by atoms with Crippen molar-refractivity contribution < 1.29 is 23.5 Å². The van der Waals surface area contributed by atoms with Crippen LogP contribution in [0.5, 0.6) is 5.75 Å². The Morgan fingerprint density at radius 3 is 2.31 bits per heavy atom. The number of hydrogen-bond donors (Lipinski definition) is 0. The number of nitrogens with zero attached hydrogens (tertiary/aromatic N) is 1. The first kappa shape index (κ1) is 21.0. The normalized spacial score (nSPS) is 10.7. The van der Waals surface area contributed by atoms with Gasteiger partial charge >= 0.3 is 11.9 Å². The van der Waals surface area contributed by atoms with E-state index < -0.39 is 17.8 Å². The molecule has 0 atom stereocenters. The molecule has 7 heteroatoms. The highest BCUT2D eigenvalue weighted by atomic mass is 19.1. The van der Waals surface area contributed by atoms with Gasteiger partial charge in [0.25, 0.3) is 5.56 Å². The third-order valence-corrected chi connectivity index (χ3v) is 4.81. The number of aromatic nitrogens is 1. The zero-order chi connectivity index (χ0) is 22.7. The van der Waals surface area contributed by atoms with E-state index in [4.69, 9.17) is 9.47 Å². The average molecular weight is 431 g/mol. The molecule has 1 aromatic heterocycles. The quantitative estimate of drug-likeness (QED) is 0.343. The number of ether oxygens (including phenoxy) is 2. The van der Waals surface area contributed by atoms with Gasteiger partial charge in [-0.05, 0) is 55.5 Å². The van der Waals surface area contributed by atoms with Crippen molar-refractivity contribution in [3.05, 3.63) is 106 Å². The molecular formula is C25H18FNO5. The molecule has 0 aliphatic rings. The monoisotopic (exact) mass is 431 g/mol. The maximum atomic E-state index is 13.7. The predicted octanol–water partition coefficient (Wildman–Crippen LogP) is 4.53. The summed E-state index contributed by atoms with van der Waals surface area (Å²) >= 11 is 0. The van der Waals surface area contributed by atoms with Gasteiger partial charge in [0, 0.05) is 17.0 Å². The molecule has 4 aromatic rings. The summed E-state index contributed by atoms with van der Waals surface area (Å²) in [6, 6.07) is 18.1. The van der Waals surface area contributed by atoms with E-state index in [1.807, 2.05) is 0 Å². The standard InChI is InChI=1S/C25H18FNO5/c1-2-31-24(29)16-10-12-19(13-11-16)32-25(30)22-15-27(18-7-5-6-17(26)14-18)23(28)21-9-4-3-8-20(21)22/h3-15H,2H2,1H3. The van der Waals surface area contributed by atoms with Gasteiger partial charge in [0.15, 0.2) is 0 Å². The Labute approximate surface area is 182 Å². The van der Waals surface area contributed by atoms with E-state index in [9.17, 15) is 18.8 Å². The number of fused-ring (bicyclic) bond motifs is 1. The summed E-state index contributed by atoms with van der Waals surface area (Å²) in [6.45, 7) is 1.96. The van der Waals surface area contributed by atoms with Crippen molar-refractivity contribution in [2.45, 2.75) is 6.92 Å². The first-order chi connectivity index (χ1) is 15.5. The minimum atomic E-state index is -0.699. The summed E-state index contributed by atoms with van der Waals surface area (Å²) in [5, 5.41) is 0.710. The molecule has 32 heavy (non-hydrogen) atoms. The van der Waals surface area contributed by atoms with E-state index in [2.05, 4.69) is 0 Å². The lowest BCUT2D eigenvalue weighted by molar-refractivity contribution is 0.0526. The predicted molar refractivity (Wildman–Crippen MR) is 117 cm³/mol. The van der Waals surface area contributed by atoms with E-state index in [0.29, 0.717) is 16.3 Å². The molecule has 0 N–H and O–H groups in total. The van der Waals surface area contributed by atoms with Gasteiger partial charge in [0.05, 0.1) is 23.4 Å². The highest BCUT2D eigenvalue weighted by Gasteiger charge is 2.18. The van der Waals surface area contributed by atoms with Crippen LogP contribution in [0.4, 0.5) is 4.39 Å². The molecule has 4 rings (SSSR count). The van der Waals surface area contributed by atoms with Crippen LogP contribution in [0.25, 0.3) is 16.5 Å². The number of rotatable bonds is 5. The molecule has 0 fully saturated rings. The van der Waals surface area contributed by atoms with Crippen molar-refractivity contribution in [3.8, 4) is 11.4 Å². The van der Waals surface area contributed by atoms with Gasteiger partial charge in [-0.1, -0.05) is 24.3 Å². The van der Waals surface area contributed by atoms with Crippen LogP contribution >= 0.6 is 0 Å². The second-order valence-electron chi connectivity index (χ2n) is 6.88. The molecule has 0 unspecified atom stereocenters. The molecule has 0 aliphatic carbocycles. The summed E-state index contributed by atoms with van der Waals surface area (Å²) < 4.78 is 25.4. The van der Waals surface area contributed by atoms with Gasteiger partial charge < -0.3 is 9.47 Å². The van der Waals surface area contributed by atoms with Gasteiger partial charge in [-0.3, -0.25) is 9.36 Å². The van der Waals surface area contributed by atoms with Crippen LogP contribution in [0.15, 0.2) is 83.8 Å². The molecule has 1 heterocycles. The molecule has 0 saturated carbocycles. The zero-order valence-electron chi connectivity index (χ0n) is 17.1. The summed E-state index contributed by atoms with van der Waals surface area (Å²) in [5.41, 5.74) is 0.366. The Kier molecular flexibility index (Phi) is 5.81. The maximum Gasteiger partial charge on any atom is 0.345 e. The smallest absolute Gasteiger partial charge is 0.345 e. The largest absolute Gasteiger partial charge is 0.462 e. The fourth-order valence-electron chi connectivity index (χ4n) is 3.31. The molecule has 6 nitrogen and oxygen atoms in total. The minimum absolute atomic E-state index is 0.138. The third kappa shape index (κ3) is 4.13. The van der Waals surface area contributed by atoms with Crippen molar-refractivity contribution in [2.75, 3.05) is 6.61 Å². The van der Waals surface area contributed by atoms with Crippen LogP contribution in [0, 0.1) is 5.82 Å². The van der Waals surface area contributed by atoms with Crippen LogP contribution in [0.3, 0.4) is 0 Å². The minimum Gasteiger partial charge on any atom is -0.462 e. The number of esters is 2. The summed E-state index contributed by atoms with van der Waals surface area (Å²) in [5.74, 6) is -1.46. The second-order valence-corrected chi connectivity index (χ2v) is 6.88. The van der Waals surface area contributed by atoms with Gasteiger partial charge in [-0.2, -0.15) is 0 Å². The summed E-state index contributed by atoms with van der Waals surface area (Å²) in [6.07, 6.45) is 1.34. The number of carbonyl (C=O) groups excluding carboxylic acids is 2. The Bertz CT molecular complexity index is 1380. The Morgan fingerprint density at radius 1 is 0.906 bits per heavy atom. The van der Waals surface area contributed by atoms with E-state index in [0.717, 1.165) is 0 Å². The van der Waals surface area contributed by atoms with Gasteiger partial charge in [-0.25, -0.2) is 14.0 Å². The molecule has 0 saturated heterocycles. The molecule has 0 amide bonds. The Morgan fingerprint density at radius 2 is 1.62 bits per heavy atom. The number of benzene rings is 3. The van der Waals surface area contributed by atoms with E-state index in [-0.39, 0.29) is 29.2 Å². The lowest BCUT2D eigenvalue weighted by Gasteiger charge is -2.12. The van der Waals surface area contributed by atoms with Crippen molar-refractivity contribution in [1.82, 2.24) is 4.57 Å². The first-order valence-electron chi connectivity index (χ1n) is 9.87. The maximum absolute atomic E-state index is 13.7.